The average Bonchev–Trinajstić information content (AvgIpc) is 2.59. The second kappa shape index (κ2) is 6.33. The molecular formula is C15H21ClO2. The highest BCUT2D eigenvalue weighted by molar-refractivity contribution is 6.17. The lowest BCUT2D eigenvalue weighted by Gasteiger charge is -2.21. The molecule has 0 amide bonds. The van der Waals surface area contributed by atoms with Gasteiger partial charge >= 0.3 is 0 Å². The Balaban J connectivity index is 2.25. The van der Waals surface area contributed by atoms with Gasteiger partial charge in [0.15, 0.2) is 11.5 Å². The first-order valence-electron chi connectivity index (χ1n) is 6.68. The van der Waals surface area contributed by atoms with Gasteiger partial charge in [0.1, 0.15) is 0 Å². The van der Waals surface area contributed by atoms with Crippen LogP contribution in [0, 0.1) is 5.92 Å². The zero-order chi connectivity index (χ0) is 13.0. The molecule has 1 unspecified atom stereocenters. The highest BCUT2D eigenvalue weighted by Gasteiger charge is 2.18. The Morgan fingerprint density at radius 2 is 1.89 bits per heavy atom. The van der Waals surface area contributed by atoms with Crippen LogP contribution < -0.4 is 9.47 Å². The number of hydrogen-bond acceptors (Lipinski definition) is 2. The van der Waals surface area contributed by atoms with E-state index < -0.39 is 0 Å². The second-order valence-corrected chi connectivity index (χ2v) is 5.46. The molecule has 0 bridgehead atoms. The zero-order valence-electron chi connectivity index (χ0n) is 11.1. The number of ether oxygens (including phenoxy) is 2. The summed E-state index contributed by atoms with van der Waals surface area (Å²) in [5.74, 6) is 3.50. The number of benzene rings is 1. The predicted octanol–water partition coefficient (Wildman–Crippen LogP) is 4.22. The molecule has 0 saturated carbocycles. The molecule has 1 atom stereocenters. The van der Waals surface area contributed by atoms with E-state index in [-0.39, 0.29) is 0 Å². The first-order chi connectivity index (χ1) is 8.72. The van der Waals surface area contributed by atoms with Gasteiger partial charge in [0.25, 0.3) is 0 Å². The quantitative estimate of drug-likeness (QED) is 0.762. The lowest BCUT2D eigenvalue weighted by Crippen LogP contribution is -2.08. The van der Waals surface area contributed by atoms with Crippen molar-refractivity contribution < 1.29 is 9.47 Å². The molecule has 1 aliphatic rings. The highest BCUT2D eigenvalue weighted by atomic mass is 35.5. The fraction of sp³-hybridized carbons (Fsp3) is 0.600. The summed E-state index contributed by atoms with van der Waals surface area (Å²) in [6, 6.07) is 6.29. The maximum Gasteiger partial charge on any atom is 0.161 e. The van der Waals surface area contributed by atoms with Crippen molar-refractivity contribution in [2.45, 2.75) is 32.6 Å². The summed E-state index contributed by atoms with van der Waals surface area (Å²) in [6.45, 7) is 5.94. The minimum Gasteiger partial charge on any atom is -0.490 e. The van der Waals surface area contributed by atoms with E-state index in [9.17, 15) is 0 Å². The van der Waals surface area contributed by atoms with Crippen LogP contribution in [-0.2, 0) is 0 Å². The molecule has 0 aromatic heterocycles. The number of alkyl halides is 1. The van der Waals surface area contributed by atoms with Crippen LogP contribution in [0.4, 0.5) is 0 Å². The minimum atomic E-state index is 0.486. The summed E-state index contributed by atoms with van der Waals surface area (Å²) in [7, 11) is 0. The first kappa shape index (κ1) is 13.5. The molecule has 1 aromatic carbocycles. The van der Waals surface area contributed by atoms with Crippen molar-refractivity contribution in [1.29, 1.82) is 0 Å². The smallest absolute Gasteiger partial charge is 0.161 e. The largest absolute Gasteiger partial charge is 0.490 e. The molecule has 18 heavy (non-hydrogen) atoms. The van der Waals surface area contributed by atoms with Crippen LogP contribution in [-0.4, -0.2) is 19.1 Å². The summed E-state index contributed by atoms with van der Waals surface area (Å²) >= 11 is 5.90. The maximum absolute atomic E-state index is 5.90. The Morgan fingerprint density at radius 1 is 1.17 bits per heavy atom. The van der Waals surface area contributed by atoms with Crippen molar-refractivity contribution in [1.82, 2.24) is 0 Å². The van der Waals surface area contributed by atoms with Crippen LogP contribution in [0.2, 0.25) is 0 Å². The molecule has 0 N–H and O–H groups in total. The van der Waals surface area contributed by atoms with Crippen molar-refractivity contribution in [2.75, 3.05) is 19.1 Å². The van der Waals surface area contributed by atoms with Crippen LogP contribution in [0.15, 0.2) is 18.2 Å². The van der Waals surface area contributed by atoms with E-state index in [1.165, 1.54) is 5.56 Å². The van der Waals surface area contributed by atoms with E-state index in [0.717, 1.165) is 37.6 Å². The van der Waals surface area contributed by atoms with Gasteiger partial charge in [-0.05, 0) is 36.0 Å². The van der Waals surface area contributed by atoms with E-state index in [1.807, 2.05) is 6.07 Å². The molecule has 0 radical (unpaired) electrons. The molecule has 1 aliphatic heterocycles. The van der Waals surface area contributed by atoms with Crippen LogP contribution in [0.25, 0.3) is 0 Å². The van der Waals surface area contributed by atoms with Gasteiger partial charge in [-0.3, -0.25) is 0 Å². The van der Waals surface area contributed by atoms with Gasteiger partial charge in [0, 0.05) is 12.3 Å². The Kier molecular flexibility index (Phi) is 4.76. The predicted molar refractivity (Wildman–Crippen MR) is 75.0 cm³/mol. The van der Waals surface area contributed by atoms with Gasteiger partial charge < -0.3 is 9.47 Å². The van der Waals surface area contributed by atoms with Gasteiger partial charge in [-0.25, -0.2) is 0 Å². The van der Waals surface area contributed by atoms with Crippen molar-refractivity contribution in [3.05, 3.63) is 23.8 Å². The molecule has 0 fully saturated rings. The molecule has 0 aliphatic carbocycles. The maximum atomic E-state index is 5.90. The van der Waals surface area contributed by atoms with E-state index >= 15 is 0 Å². The summed E-state index contributed by atoms with van der Waals surface area (Å²) in [6.07, 6.45) is 1.94. The van der Waals surface area contributed by atoms with E-state index in [1.54, 1.807) is 0 Å². The number of fused-ring (bicyclic) bond motifs is 1. The fourth-order valence-electron chi connectivity index (χ4n) is 2.41. The van der Waals surface area contributed by atoms with Gasteiger partial charge in [-0.15, -0.1) is 11.6 Å². The van der Waals surface area contributed by atoms with Gasteiger partial charge in [-0.2, -0.15) is 0 Å². The molecular weight excluding hydrogens is 248 g/mol. The second-order valence-electron chi connectivity index (χ2n) is 5.08. The topological polar surface area (TPSA) is 18.5 Å². The normalized spacial score (nSPS) is 16.4. The number of halogens is 1. The van der Waals surface area contributed by atoms with Gasteiger partial charge in [-0.1, -0.05) is 19.9 Å². The molecule has 3 heteroatoms. The molecule has 0 spiro atoms. The summed E-state index contributed by atoms with van der Waals surface area (Å²) in [4.78, 5) is 0. The molecule has 1 aromatic rings. The molecule has 1 heterocycles. The fourth-order valence-corrected chi connectivity index (χ4v) is 2.65. The van der Waals surface area contributed by atoms with E-state index in [4.69, 9.17) is 21.1 Å². The summed E-state index contributed by atoms with van der Waals surface area (Å²) in [5.41, 5.74) is 1.30. The highest BCUT2D eigenvalue weighted by Crippen LogP contribution is 2.36. The summed E-state index contributed by atoms with van der Waals surface area (Å²) < 4.78 is 11.4. The lowest BCUT2D eigenvalue weighted by molar-refractivity contribution is 0.297. The lowest BCUT2D eigenvalue weighted by atomic mass is 9.86. The van der Waals surface area contributed by atoms with Crippen molar-refractivity contribution in [3.8, 4) is 11.5 Å². The van der Waals surface area contributed by atoms with Gasteiger partial charge in [0.05, 0.1) is 13.2 Å². The van der Waals surface area contributed by atoms with Crippen LogP contribution in [0.3, 0.4) is 0 Å². The summed E-state index contributed by atoms with van der Waals surface area (Å²) in [5, 5.41) is 0. The van der Waals surface area contributed by atoms with Crippen LogP contribution in [0.1, 0.15) is 38.2 Å². The van der Waals surface area contributed by atoms with Crippen molar-refractivity contribution in [2.24, 2.45) is 5.92 Å². The third-order valence-corrected chi connectivity index (χ3v) is 3.64. The number of rotatable bonds is 4. The Bertz CT molecular complexity index is 390. The van der Waals surface area contributed by atoms with Crippen LogP contribution in [0.5, 0.6) is 11.5 Å². The first-order valence-corrected chi connectivity index (χ1v) is 7.21. The number of hydrogen-bond donors (Lipinski definition) is 0. The third-order valence-electron chi connectivity index (χ3n) is 3.42. The molecule has 100 valence electrons. The Labute approximate surface area is 114 Å². The Hall–Kier alpha value is -0.890. The minimum absolute atomic E-state index is 0.486. The molecule has 2 rings (SSSR count). The standard InChI is InChI=1S/C15H21ClO2/c1-11(2)13(6-7-16)12-4-5-14-15(10-12)18-9-3-8-17-14/h4-5,10-11,13H,3,6-9H2,1-2H3. The van der Waals surface area contributed by atoms with Crippen molar-refractivity contribution >= 4 is 11.6 Å². The van der Waals surface area contributed by atoms with E-state index in [0.29, 0.717) is 17.7 Å². The molecule has 0 saturated heterocycles. The zero-order valence-corrected chi connectivity index (χ0v) is 11.9. The van der Waals surface area contributed by atoms with Crippen LogP contribution >= 0.6 is 11.6 Å². The third kappa shape index (κ3) is 3.11. The Morgan fingerprint density at radius 3 is 2.56 bits per heavy atom. The monoisotopic (exact) mass is 268 g/mol. The molecule has 2 nitrogen and oxygen atoms in total. The van der Waals surface area contributed by atoms with E-state index in [2.05, 4.69) is 26.0 Å². The van der Waals surface area contributed by atoms with Crippen molar-refractivity contribution in [3.63, 3.8) is 0 Å². The van der Waals surface area contributed by atoms with Gasteiger partial charge in [0.2, 0.25) is 0 Å². The SMILES string of the molecule is CC(C)C(CCCl)c1ccc2c(c1)OCCCO2. The average molecular weight is 269 g/mol.